The quantitative estimate of drug-likeness (QED) is 0.535. The minimum atomic E-state index is -3.56. The van der Waals surface area contributed by atoms with Crippen LogP contribution in [0.25, 0.3) is 0 Å². The number of amides is 1. The molecule has 2 atom stereocenters. The highest BCUT2D eigenvalue weighted by atomic mass is 32.2. The Morgan fingerprint density at radius 2 is 1.74 bits per heavy atom. The van der Waals surface area contributed by atoms with Gasteiger partial charge in [0.2, 0.25) is 15.9 Å². The summed E-state index contributed by atoms with van der Waals surface area (Å²) in [5, 5.41) is 14.1. The average molecular weight is 541 g/mol. The number of hydrogen-bond donors (Lipinski definition) is 2. The number of carbonyl (C=O) groups is 1. The Balaban J connectivity index is 1.15. The highest BCUT2D eigenvalue weighted by molar-refractivity contribution is 7.89. The van der Waals surface area contributed by atoms with E-state index in [-0.39, 0.29) is 22.9 Å². The molecule has 2 aromatic carbocycles. The second-order valence-electron chi connectivity index (χ2n) is 11.0. The summed E-state index contributed by atoms with van der Waals surface area (Å²) < 4.78 is 27.6. The zero-order chi connectivity index (χ0) is 26.6. The lowest BCUT2D eigenvalue weighted by atomic mass is 9.82. The molecule has 3 fully saturated rings. The predicted molar refractivity (Wildman–Crippen MR) is 148 cm³/mol. The third-order valence-corrected chi connectivity index (χ3v) is 10.4. The fourth-order valence-electron chi connectivity index (χ4n) is 6.42. The number of aliphatic hydroxyl groups excluding tert-OH is 1. The first-order chi connectivity index (χ1) is 18.4. The topological polar surface area (TPSA) is 93.2 Å². The van der Waals surface area contributed by atoms with Gasteiger partial charge in [-0.3, -0.25) is 14.6 Å². The number of carbonyl (C=O) groups excluding carboxylic acids is 1. The number of aliphatic hydroxyl groups is 1. The van der Waals surface area contributed by atoms with Crippen LogP contribution in [0.2, 0.25) is 0 Å². The Labute approximate surface area is 226 Å². The van der Waals surface area contributed by atoms with E-state index < -0.39 is 16.1 Å². The number of nitrogens with one attached hydrogen (secondary N) is 1. The second-order valence-corrected chi connectivity index (χ2v) is 12.9. The molecule has 3 heterocycles. The third-order valence-electron chi connectivity index (χ3n) is 8.53. The number of piperidine rings is 2. The van der Waals surface area contributed by atoms with Gasteiger partial charge in [0.1, 0.15) is 0 Å². The molecule has 0 unspecified atom stereocenters. The van der Waals surface area contributed by atoms with Crippen molar-refractivity contribution < 1.29 is 18.3 Å². The number of nitrogens with zero attached hydrogens (tertiary/aromatic N) is 3. The van der Waals surface area contributed by atoms with E-state index in [4.69, 9.17) is 0 Å². The van der Waals surface area contributed by atoms with Crippen LogP contribution < -0.4 is 5.32 Å². The number of rotatable bonds is 8. The van der Waals surface area contributed by atoms with Gasteiger partial charge in [0, 0.05) is 44.0 Å². The van der Waals surface area contributed by atoms with E-state index in [1.54, 1.807) is 24.3 Å². The summed E-state index contributed by atoms with van der Waals surface area (Å²) in [6.07, 6.45) is 6.17. The van der Waals surface area contributed by atoms with E-state index in [1.165, 1.54) is 9.87 Å². The molecule has 0 bridgehead atoms. The summed E-state index contributed by atoms with van der Waals surface area (Å²) in [4.78, 5) is 17.6. The fourth-order valence-corrected chi connectivity index (χ4v) is 7.98. The maximum atomic E-state index is 13.0. The second kappa shape index (κ2) is 11.8. The maximum absolute atomic E-state index is 13.0. The summed E-state index contributed by atoms with van der Waals surface area (Å²) in [5.74, 6) is -0.201. The maximum Gasteiger partial charge on any atom is 0.243 e. The number of sulfonamides is 1. The van der Waals surface area contributed by atoms with E-state index in [0.29, 0.717) is 25.3 Å². The minimum Gasteiger partial charge on any atom is -0.390 e. The summed E-state index contributed by atoms with van der Waals surface area (Å²) in [6, 6.07) is 17.0. The van der Waals surface area contributed by atoms with Crippen LogP contribution in [0.4, 0.5) is 5.69 Å². The number of β-amino-alcohol motifs (C(OH)–C–C–N with tert-alkyl or cyclic N) is 1. The summed E-state index contributed by atoms with van der Waals surface area (Å²) in [7, 11) is -3.56. The van der Waals surface area contributed by atoms with Crippen molar-refractivity contribution in [2.45, 2.75) is 61.5 Å². The predicted octanol–water partition coefficient (Wildman–Crippen LogP) is 2.94. The molecular formula is C29H40N4O4S. The molecule has 1 spiro atoms. The van der Waals surface area contributed by atoms with Gasteiger partial charge in [-0.25, -0.2) is 8.42 Å². The zero-order valence-electron chi connectivity index (χ0n) is 22.1. The summed E-state index contributed by atoms with van der Waals surface area (Å²) in [5.41, 5.74) is 1.58. The molecule has 3 aliphatic rings. The first-order valence-electron chi connectivity index (χ1n) is 14.0. The van der Waals surface area contributed by atoms with Crippen LogP contribution in [-0.2, 0) is 21.2 Å². The molecule has 1 amide bonds. The number of benzene rings is 2. The smallest absolute Gasteiger partial charge is 0.243 e. The normalized spacial score (nSPS) is 25.6. The molecule has 38 heavy (non-hydrogen) atoms. The molecule has 0 aliphatic carbocycles. The van der Waals surface area contributed by atoms with Crippen LogP contribution in [0.3, 0.4) is 0 Å². The van der Waals surface area contributed by atoms with Crippen LogP contribution in [-0.4, -0.2) is 91.0 Å². The van der Waals surface area contributed by atoms with Gasteiger partial charge < -0.3 is 10.4 Å². The van der Waals surface area contributed by atoms with Gasteiger partial charge in [-0.05, 0) is 68.8 Å². The largest absolute Gasteiger partial charge is 0.390 e. The minimum absolute atomic E-state index is 0.167. The van der Waals surface area contributed by atoms with Crippen molar-refractivity contribution in [2.24, 2.45) is 0 Å². The summed E-state index contributed by atoms with van der Waals surface area (Å²) >= 11 is 0. The molecule has 0 radical (unpaired) electrons. The highest BCUT2D eigenvalue weighted by Crippen LogP contribution is 2.38. The van der Waals surface area contributed by atoms with Gasteiger partial charge in [-0.1, -0.05) is 42.8 Å². The number of hydrogen-bond acceptors (Lipinski definition) is 6. The molecule has 8 nitrogen and oxygen atoms in total. The van der Waals surface area contributed by atoms with Crippen LogP contribution in [0, 0.1) is 0 Å². The van der Waals surface area contributed by atoms with Crippen LogP contribution in [0.5, 0.6) is 0 Å². The van der Waals surface area contributed by atoms with Gasteiger partial charge in [-0.15, -0.1) is 0 Å². The van der Waals surface area contributed by atoms with Crippen molar-refractivity contribution in [2.75, 3.05) is 51.1 Å². The summed E-state index contributed by atoms with van der Waals surface area (Å²) in [6.45, 7) is 4.39. The molecule has 5 rings (SSSR count). The fraction of sp³-hybridized carbons (Fsp3) is 0.552. The van der Waals surface area contributed by atoms with Crippen molar-refractivity contribution in [1.82, 2.24) is 14.1 Å². The Kier molecular flexibility index (Phi) is 8.50. The van der Waals surface area contributed by atoms with Crippen molar-refractivity contribution >= 4 is 21.6 Å². The van der Waals surface area contributed by atoms with E-state index >= 15 is 0 Å². The Morgan fingerprint density at radius 3 is 2.50 bits per heavy atom. The van der Waals surface area contributed by atoms with Crippen molar-refractivity contribution in [3.05, 3.63) is 60.2 Å². The zero-order valence-corrected chi connectivity index (χ0v) is 22.9. The van der Waals surface area contributed by atoms with Crippen molar-refractivity contribution in [3.8, 4) is 0 Å². The lowest BCUT2D eigenvalue weighted by Crippen LogP contribution is -2.62. The van der Waals surface area contributed by atoms with Gasteiger partial charge in [0.25, 0.3) is 0 Å². The van der Waals surface area contributed by atoms with E-state index in [0.717, 1.165) is 64.6 Å². The SMILES string of the molecule is O=C(CN1CC[C@@]2(CCCN2CCc2ccccc2)[C@@H](O)C1)Nc1cccc(S(=O)(=O)N2CCCCC2)c1. The molecule has 2 aromatic rings. The standard InChI is InChI=1S/C29H40N4O4S/c34-27-22-31(20-15-29(27)14-8-16-32(29)19-13-24-9-3-1-4-10-24)23-28(35)30-25-11-7-12-26(21-25)38(36,37)33-17-5-2-6-18-33/h1,3-4,7,9-12,21,27,34H,2,5-6,8,13-20,22-23H2,(H,30,35)/t27-,29-/m0/s1. The van der Waals surface area contributed by atoms with Crippen molar-refractivity contribution in [1.29, 1.82) is 0 Å². The van der Waals surface area contributed by atoms with Crippen LogP contribution in [0.15, 0.2) is 59.5 Å². The van der Waals surface area contributed by atoms with Crippen LogP contribution in [0.1, 0.15) is 44.1 Å². The molecule has 3 saturated heterocycles. The molecule has 0 aromatic heterocycles. The molecule has 0 saturated carbocycles. The molecule has 206 valence electrons. The number of likely N-dealkylation sites (tertiary alicyclic amines) is 2. The highest BCUT2D eigenvalue weighted by Gasteiger charge is 2.49. The van der Waals surface area contributed by atoms with E-state index in [1.807, 2.05) is 11.0 Å². The molecule has 3 aliphatic heterocycles. The van der Waals surface area contributed by atoms with Crippen LogP contribution >= 0.6 is 0 Å². The first kappa shape index (κ1) is 27.3. The van der Waals surface area contributed by atoms with E-state index in [9.17, 15) is 18.3 Å². The van der Waals surface area contributed by atoms with Gasteiger partial charge >= 0.3 is 0 Å². The van der Waals surface area contributed by atoms with E-state index in [2.05, 4.69) is 34.5 Å². The lowest BCUT2D eigenvalue weighted by Gasteiger charge is -2.48. The first-order valence-corrected chi connectivity index (χ1v) is 15.4. The molecular weight excluding hydrogens is 500 g/mol. The molecule has 2 N–H and O–H groups in total. The Hall–Kier alpha value is -2.30. The van der Waals surface area contributed by atoms with Gasteiger partial charge in [0.15, 0.2) is 0 Å². The van der Waals surface area contributed by atoms with Gasteiger partial charge in [-0.2, -0.15) is 4.31 Å². The van der Waals surface area contributed by atoms with Gasteiger partial charge in [0.05, 0.1) is 17.5 Å². The Bertz CT molecular complexity index is 1200. The lowest BCUT2D eigenvalue weighted by molar-refractivity contribution is -0.120. The Morgan fingerprint density at radius 1 is 0.947 bits per heavy atom. The third kappa shape index (κ3) is 5.97. The monoisotopic (exact) mass is 540 g/mol. The molecule has 9 heteroatoms. The number of anilines is 1. The average Bonchev–Trinajstić information content (AvgIpc) is 3.34. The van der Waals surface area contributed by atoms with Crippen molar-refractivity contribution in [3.63, 3.8) is 0 Å².